The van der Waals surface area contributed by atoms with Gasteiger partial charge in [-0.05, 0) is 70.0 Å². The number of fused-ring (bicyclic) bond motifs is 1. The molecule has 2 aromatic rings. The molecular weight excluding hydrogens is 270 g/mol. The zero-order chi connectivity index (χ0) is 16.0. The van der Waals surface area contributed by atoms with E-state index in [1.807, 2.05) is 0 Å². The minimum Gasteiger partial charge on any atom is -0.360 e. The molecule has 0 spiro atoms. The summed E-state index contributed by atoms with van der Waals surface area (Å²) in [5, 5.41) is 0. The second kappa shape index (κ2) is 5.13. The molecule has 0 saturated carbocycles. The number of benzene rings is 2. The highest BCUT2D eigenvalue weighted by atomic mass is 16.5. The highest BCUT2D eigenvalue weighted by Crippen LogP contribution is 2.48. The molecule has 0 saturated heterocycles. The van der Waals surface area contributed by atoms with Crippen molar-refractivity contribution < 1.29 is 4.74 Å². The molecule has 116 valence electrons. The number of ether oxygens (including phenoxy) is 1. The molecule has 0 N–H and O–H groups in total. The first-order chi connectivity index (χ1) is 10.3. The van der Waals surface area contributed by atoms with Gasteiger partial charge in [-0.25, -0.2) is 0 Å². The van der Waals surface area contributed by atoms with Crippen molar-refractivity contribution in [3.8, 4) is 0 Å². The average molecular weight is 295 g/mol. The third kappa shape index (κ3) is 2.42. The molecule has 0 amide bonds. The Morgan fingerprint density at radius 1 is 0.818 bits per heavy atom. The van der Waals surface area contributed by atoms with Gasteiger partial charge in [-0.1, -0.05) is 24.3 Å². The van der Waals surface area contributed by atoms with Crippen LogP contribution in [0.25, 0.3) is 0 Å². The summed E-state index contributed by atoms with van der Waals surface area (Å²) in [4.78, 5) is 2.34. The van der Waals surface area contributed by atoms with E-state index < -0.39 is 0 Å². The van der Waals surface area contributed by atoms with Crippen LogP contribution in [0, 0.1) is 0 Å². The second-order valence-corrected chi connectivity index (χ2v) is 6.93. The van der Waals surface area contributed by atoms with Crippen molar-refractivity contribution in [1.82, 2.24) is 0 Å². The quantitative estimate of drug-likeness (QED) is 0.757. The van der Waals surface area contributed by atoms with E-state index in [1.54, 1.807) is 0 Å². The Labute approximate surface area is 133 Å². The van der Waals surface area contributed by atoms with Gasteiger partial charge in [-0.3, -0.25) is 0 Å². The fourth-order valence-electron chi connectivity index (χ4n) is 3.59. The summed E-state index contributed by atoms with van der Waals surface area (Å²) in [5.41, 5.74) is 4.57. The van der Waals surface area contributed by atoms with Crippen LogP contribution in [0.4, 0.5) is 11.4 Å². The van der Waals surface area contributed by atoms with Gasteiger partial charge in [-0.2, -0.15) is 0 Å². The molecule has 3 rings (SSSR count). The number of para-hydroxylation sites is 1. The molecule has 0 bridgehead atoms. The van der Waals surface area contributed by atoms with Gasteiger partial charge in [0.15, 0.2) is 0 Å². The summed E-state index contributed by atoms with van der Waals surface area (Å²) in [7, 11) is 0. The van der Waals surface area contributed by atoms with E-state index >= 15 is 0 Å². The Hall–Kier alpha value is -1.80. The van der Waals surface area contributed by atoms with Gasteiger partial charge in [0.05, 0.1) is 11.2 Å². The van der Waals surface area contributed by atoms with Crippen molar-refractivity contribution in [1.29, 1.82) is 0 Å². The Morgan fingerprint density at radius 3 is 2.09 bits per heavy atom. The van der Waals surface area contributed by atoms with Crippen molar-refractivity contribution >= 4 is 11.4 Å². The lowest BCUT2D eigenvalue weighted by Gasteiger charge is -2.26. The van der Waals surface area contributed by atoms with E-state index in [0.29, 0.717) is 0 Å². The van der Waals surface area contributed by atoms with Crippen LogP contribution in [0.5, 0.6) is 0 Å². The maximum atomic E-state index is 6.26. The largest absolute Gasteiger partial charge is 0.360 e. The molecule has 2 nitrogen and oxygen atoms in total. The summed E-state index contributed by atoms with van der Waals surface area (Å²) >= 11 is 0. The Balaban J connectivity index is 2.07. The number of nitrogens with zero attached hydrogens (tertiary/aromatic N) is 1. The van der Waals surface area contributed by atoms with E-state index in [4.69, 9.17) is 4.74 Å². The van der Waals surface area contributed by atoms with Crippen LogP contribution in [0.15, 0.2) is 48.5 Å². The standard InChI is InChI=1S/C20H25NO/c1-6-21(15-10-8-7-9-11-15)16-12-13-17-18(14-16)20(4,5)22-19(17,2)3/h7-14H,6H2,1-5H3. The molecular formula is C20H25NO. The first-order valence-corrected chi connectivity index (χ1v) is 8.03. The van der Waals surface area contributed by atoms with Crippen molar-refractivity contribution in [2.24, 2.45) is 0 Å². The fraction of sp³-hybridized carbons (Fsp3) is 0.400. The molecule has 2 aromatic carbocycles. The molecule has 22 heavy (non-hydrogen) atoms. The fourth-order valence-corrected chi connectivity index (χ4v) is 3.59. The molecule has 0 unspecified atom stereocenters. The minimum absolute atomic E-state index is 0.221. The molecule has 0 atom stereocenters. The molecule has 1 heterocycles. The van der Waals surface area contributed by atoms with Crippen LogP contribution in [-0.4, -0.2) is 6.54 Å². The molecule has 0 radical (unpaired) electrons. The number of hydrogen-bond donors (Lipinski definition) is 0. The number of anilines is 2. The lowest BCUT2D eigenvalue weighted by molar-refractivity contribution is -0.105. The smallest absolute Gasteiger partial charge is 0.0891 e. The highest BCUT2D eigenvalue weighted by Gasteiger charge is 2.43. The summed E-state index contributed by atoms with van der Waals surface area (Å²) in [5.74, 6) is 0. The van der Waals surface area contributed by atoms with E-state index in [0.717, 1.165) is 6.54 Å². The zero-order valence-corrected chi connectivity index (χ0v) is 14.2. The van der Waals surface area contributed by atoms with Crippen molar-refractivity contribution in [3.05, 3.63) is 59.7 Å². The Kier molecular flexibility index (Phi) is 3.53. The van der Waals surface area contributed by atoms with Gasteiger partial charge in [-0.15, -0.1) is 0 Å². The van der Waals surface area contributed by atoms with Crippen LogP contribution < -0.4 is 4.90 Å². The van der Waals surface area contributed by atoms with Crippen LogP contribution >= 0.6 is 0 Å². The van der Waals surface area contributed by atoms with Crippen LogP contribution in [0.2, 0.25) is 0 Å². The predicted octanol–water partition coefficient (Wildman–Crippen LogP) is 5.35. The maximum Gasteiger partial charge on any atom is 0.0891 e. The van der Waals surface area contributed by atoms with Gasteiger partial charge in [0, 0.05) is 17.9 Å². The molecule has 0 aliphatic carbocycles. The van der Waals surface area contributed by atoms with Crippen molar-refractivity contribution in [2.75, 3.05) is 11.4 Å². The third-order valence-electron chi connectivity index (χ3n) is 4.51. The van der Waals surface area contributed by atoms with Crippen molar-refractivity contribution in [3.63, 3.8) is 0 Å². The molecule has 0 aromatic heterocycles. The lowest BCUT2D eigenvalue weighted by Crippen LogP contribution is -2.22. The first-order valence-electron chi connectivity index (χ1n) is 8.03. The number of rotatable bonds is 3. The van der Waals surface area contributed by atoms with Gasteiger partial charge >= 0.3 is 0 Å². The van der Waals surface area contributed by atoms with Gasteiger partial charge in [0.2, 0.25) is 0 Å². The van der Waals surface area contributed by atoms with Gasteiger partial charge in [0.1, 0.15) is 0 Å². The molecule has 2 heteroatoms. The molecule has 1 aliphatic rings. The molecule has 0 fully saturated rings. The monoisotopic (exact) mass is 295 g/mol. The van der Waals surface area contributed by atoms with E-state index in [9.17, 15) is 0 Å². The third-order valence-corrected chi connectivity index (χ3v) is 4.51. The maximum absolute atomic E-state index is 6.26. The van der Waals surface area contributed by atoms with Crippen LogP contribution in [-0.2, 0) is 15.9 Å². The van der Waals surface area contributed by atoms with Gasteiger partial charge in [0.25, 0.3) is 0 Å². The topological polar surface area (TPSA) is 12.5 Å². The number of hydrogen-bond acceptors (Lipinski definition) is 2. The van der Waals surface area contributed by atoms with Crippen LogP contribution in [0.3, 0.4) is 0 Å². The van der Waals surface area contributed by atoms with Crippen LogP contribution in [0.1, 0.15) is 45.7 Å². The normalized spacial score (nSPS) is 18.0. The van der Waals surface area contributed by atoms with E-state index in [2.05, 4.69) is 88.0 Å². The van der Waals surface area contributed by atoms with Gasteiger partial charge < -0.3 is 9.64 Å². The summed E-state index contributed by atoms with van der Waals surface area (Å²) in [6, 6.07) is 17.3. The predicted molar refractivity (Wildman–Crippen MR) is 92.7 cm³/mol. The SMILES string of the molecule is CCN(c1ccccc1)c1ccc2c(c1)C(C)(C)OC2(C)C. The first kappa shape index (κ1) is 15.1. The van der Waals surface area contributed by atoms with Crippen molar-refractivity contribution in [2.45, 2.75) is 45.8 Å². The molecule has 1 aliphatic heterocycles. The Morgan fingerprint density at radius 2 is 1.45 bits per heavy atom. The zero-order valence-electron chi connectivity index (χ0n) is 14.2. The minimum atomic E-state index is -0.245. The van der Waals surface area contributed by atoms with E-state index in [1.165, 1.54) is 22.5 Å². The Bertz CT molecular complexity index is 673. The summed E-state index contributed by atoms with van der Waals surface area (Å²) < 4.78 is 6.26. The van der Waals surface area contributed by atoms with E-state index in [-0.39, 0.29) is 11.2 Å². The average Bonchev–Trinajstić information content (AvgIpc) is 2.66. The summed E-state index contributed by atoms with van der Waals surface area (Å²) in [6.45, 7) is 11.7. The lowest BCUT2D eigenvalue weighted by atomic mass is 9.90. The summed E-state index contributed by atoms with van der Waals surface area (Å²) in [6.07, 6.45) is 0. The highest BCUT2D eigenvalue weighted by molar-refractivity contribution is 5.65. The second-order valence-electron chi connectivity index (χ2n) is 6.93.